The average Bonchev–Trinajstić information content (AvgIpc) is 3.20. The van der Waals surface area contributed by atoms with Crippen LogP contribution in [0.25, 0.3) is 0 Å². The molecule has 0 radical (unpaired) electrons. The number of rotatable bonds is 5. The Kier molecular flexibility index (Phi) is 6.16. The van der Waals surface area contributed by atoms with Crippen LogP contribution < -0.4 is 15.5 Å². The van der Waals surface area contributed by atoms with Gasteiger partial charge in [0.05, 0.1) is 11.4 Å². The molecule has 1 saturated heterocycles. The SMILES string of the molecule is CN=C(NCCc1c(C)nn(C)c1C)NC1CCN(c2ccc(F)cc2F)C1. The van der Waals surface area contributed by atoms with E-state index in [0.717, 1.165) is 37.1 Å². The van der Waals surface area contributed by atoms with Crippen molar-refractivity contribution in [3.63, 3.8) is 0 Å². The number of aryl methyl sites for hydroxylation is 2. The lowest BCUT2D eigenvalue weighted by Gasteiger charge is -2.21. The van der Waals surface area contributed by atoms with E-state index >= 15 is 0 Å². The van der Waals surface area contributed by atoms with Crippen LogP contribution in [0.2, 0.25) is 0 Å². The topological polar surface area (TPSA) is 57.5 Å². The highest BCUT2D eigenvalue weighted by molar-refractivity contribution is 5.80. The van der Waals surface area contributed by atoms with Gasteiger partial charge in [0.15, 0.2) is 5.96 Å². The van der Waals surface area contributed by atoms with Crippen molar-refractivity contribution in [2.24, 2.45) is 12.0 Å². The molecule has 2 aromatic rings. The van der Waals surface area contributed by atoms with Crippen LogP contribution in [-0.4, -0.2) is 48.5 Å². The van der Waals surface area contributed by atoms with E-state index in [1.54, 1.807) is 7.05 Å². The molecule has 0 spiro atoms. The van der Waals surface area contributed by atoms with Gasteiger partial charge >= 0.3 is 0 Å². The standard InChI is InChI=1S/C20H28F2N6/c1-13-17(14(2)27(4)26-13)7-9-24-20(23-3)25-16-8-10-28(12-16)19-6-5-15(21)11-18(19)22/h5-6,11,16H,7-10,12H2,1-4H3,(H2,23,24,25). The first-order valence-electron chi connectivity index (χ1n) is 9.55. The van der Waals surface area contributed by atoms with Gasteiger partial charge in [0, 0.05) is 51.5 Å². The molecule has 3 rings (SSSR count). The Balaban J connectivity index is 1.51. The molecule has 1 fully saturated rings. The van der Waals surface area contributed by atoms with E-state index in [-0.39, 0.29) is 6.04 Å². The fraction of sp³-hybridized carbons (Fsp3) is 0.500. The number of anilines is 1. The van der Waals surface area contributed by atoms with E-state index in [9.17, 15) is 8.78 Å². The summed E-state index contributed by atoms with van der Waals surface area (Å²) >= 11 is 0. The second-order valence-corrected chi connectivity index (χ2v) is 7.19. The van der Waals surface area contributed by atoms with Crippen LogP contribution in [0.3, 0.4) is 0 Å². The van der Waals surface area contributed by atoms with Gasteiger partial charge in [-0.15, -0.1) is 0 Å². The number of nitrogens with one attached hydrogen (secondary N) is 2. The van der Waals surface area contributed by atoms with Crippen LogP contribution in [0.1, 0.15) is 23.4 Å². The van der Waals surface area contributed by atoms with E-state index in [4.69, 9.17) is 0 Å². The van der Waals surface area contributed by atoms with Gasteiger partial charge in [0.1, 0.15) is 11.6 Å². The zero-order valence-corrected chi connectivity index (χ0v) is 16.9. The third-order valence-electron chi connectivity index (χ3n) is 5.33. The molecule has 2 N–H and O–H groups in total. The molecular weight excluding hydrogens is 362 g/mol. The number of hydrogen-bond donors (Lipinski definition) is 2. The third-order valence-corrected chi connectivity index (χ3v) is 5.33. The van der Waals surface area contributed by atoms with Crippen molar-refractivity contribution in [1.82, 2.24) is 20.4 Å². The molecule has 2 heterocycles. The van der Waals surface area contributed by atoms with Gasteiger partial charge in [-0.25, -0.2) is 8.78 Å². The zero-order valence-electron chi connectivity index (χ0n) is 16.9. The average molecular weight is 390 g/mol. The van der Waals surface area contributed by atoms with Crippen molar-refractivity contribution in [1.29, 1.82) is 0 Å². The molecule has 152 valence electrons. The van der Waals surface area contributed by atoms with Crippen molar-refractivity contribution in [3.05, 3.63) is 46.8 Å². The summed E-state index contributed by atoms with van der Waals surface area (Å²) in [6.07, 6.45) is 1.72. The predicted molar refractivity (Wildman–Crippen MR) is 108 cm³/mol. The Labute approximate surface area is 164 Å². The van der Waals surface area contributed by atoms with Gasteiger partial charge < -0.3 is 15.5 Å². The maximum atomic E-state index is 14.0. The molecule has 6 nitrogen and oxygen atoms in total. The van der Waals surface area contributed by atoms with Crippen molar-refractivity contribution in [2.75, 3.05) is 31.6 Å². The molecule has 0 aliphatic carbocycles. The Hall–Kier alpha value is -2.64. The fourth-order valence-corrected chi connectivity index (χ4v) is 3.71. The molecule has 0 bridgehead atoms. The third kappa shape index (κ3) is 4.43. The molecule has 8 heteroatoms. The lowest BCUT2D eigenvalue weighted by Crippen LogP contribution is -2.45. The van der Waals surface area contributed by atoms with Crippen molar-refractivity contribution >= 4 is 11.6 Å². The summed E-state index contributed by atoms with van der Waals surface area (Å²) < 4.78 is 29.0. The van der Waals surface area contributed by atoms with E-state index in [2.05, 4.69) is 27.6 Å². The summed E-state index contributed by atoms with van der Waals surface area (Å²) in [4.78, 5) is 6.22. The Morgan fingerprint density at radius 2 is 2.11 bits per heavy atom. The molecule has 0 amide bonds. The number of guanidine groups is 1. The second-order valence-electron chi connectivity index (χ2n) is 7.19. The highest BCUT2D eigenvalue weighted by Crippen LogP contribution is 2.24. The molecule has 1 unspecified atom stereocenters. The van der Waals surface area contributed by atoms with Crippen LogP contribution in [0.5, 0.6) is 0 Å². The number of nitrogens with zero attached hydrogens (tertiary/aromatic N) is 4. The summed E-state index contributed by atoms with van der Waals surface area (Å²) in [5.41, 5.74) is 3.92. The van der Waals surface area contributed by atoms with Gasteiger partial charge in [-0.1, -0.05) is 0 Å². The van der Waals surface area contributed by atoms with Crippen molar-refractivity contribution in [2.45, 2.75) is 32.7 Å². The summed E-state index contributed by atoms with van der Waals surface area (Å²) in [6, 6.07) is 3.87. The first-order chi connectivity index (χ1) is 13.4. The molecule has 1 aliphatic heterocycles. The number of aromatic nitrogens is 2. The molecular formula is C20H28F2N6. The monoisotopic (exact) mass is 390 g/mol. The normalized spacial score (nSPS) is 17.3. The minimum Gasteiger partial charge on any atom is -0.367 e. The first-order valence-corrected chi connectivity index (χ1v) is 9.55. The summed E-state index contributed by atoms with van der Waals surface area (Å²) in [6.45, 7) is 6.20. The van der Waals surface area contributed by atoms with Crippen LogP contribution in [0.4, 0.5) is 14.5 Å². The predicted octanol–water partition coefficient (Wildman–Crippen LogP) is 2.30. The van der Waals surface area contributed by atoms with Crippen molar-refractivity contribution < 1.29 is 8.78 Å². The highest BCUT2D eigenvalue weighted by atomic mass is 19.1. The van der Waals surface area contributed by atoms with Crippen molar-refractivity contribution in [3.8, 4) is 0 Å². The smallest absolute Gasteiger partial charge is 0.191 e. The highest BCUT2D eigenvalue weighted by Gasteiger charge is 2.25. The second kappa shape index (κ2) is 8.58. The molecule has 0 saturated carbocycles. The minimum atomic E-state index is -0.557. The number of halogens is 2. The lowest BCUT2D eigenvalue weighted by molar-refractivity contribution is 0.580. The molecule has 28 heavy (non-hydrogen) atoms. The maximum Gasteiger partial charge on any atom is 0.191 e. The van der Waals surface area contributed by atoms with Crippen LogP contribution in [0.15, 0.2) is 23.2 Å². The number of aliphatic imine (C=N–C) groups is 1. The largest absolute Gasteiger partial charge is 0.367 e. The quantitative estimate of drug-likeness (QED) is 0.608. The van der Waals surface area contributed by atoms with Crippen LogP contribution in [0, 0.1) is 25.5 Å². The van der Waals surface area contributed by atoms with Gasteiger partial charge in [-0.3, -0.25) is 9.67 Å². The molecule has 1 atom stereocenters. The van der Waals surface area contributed by atoms with E-state index in [1.165, 1.54) is 23.4 Å². The van der Waals surface area contributed by atoms with E-state index in [0.29, 0.717) is 18.8 Å². The summed E-state index contributed by atoms with van der Waals surface area (Å²) in [5, 5.41) is 11.2. The van der Waals surface area contributed by atoms with Gasteiger partial charge in [0.25, 0.3) is 0 Å². The molecule has 1 aliphatic rings. The summed E-state index contributed by atoms with van der Waals surface area (Å²) in [7, 11) is 3.69. The first kappa shape index (κ1) is 20.1. The van der Waals surface area contributed by atoms with Gasteiger partial charge in [-0.2, -0.15) is 5.10 Å². The minimum absolute atomic E-state index is 0.150. The van der Waals surface area contributed by atoms with Gasteiger partial charge in [0.2, 0.25) is 0 Å². The fourth-order valence-electron chi connectivity index (χ4n) is 3.71. The Morgan fingerprint density at radius 3 is 2.75 bits per heavy atom. The molecule has 1 aromatic carbocycles. The lowest BCUT2D eigenvalue weighted by atomic mass is 10.1. The number of benzene rings is 1. The zero-order chi connectivity index (χ0) is 20.3. The Bertz CT molecular complexity index is 861. The summed E-state index contributed by atoms with van der Waals surface area (Å²) in [5.74, 6) is -0.352. The van der Waals surface area contributed by atoms with Crippen LogP contribution in [-0.2, 0) is 13.5 Å². The van der Waals surface area contributed by atoms with Gasteiger partial charge in [-0.05, 0) is 44.4 Å². The van der Waals surface area contributed by atoms with Crippen LogP contribution >= 0.6 is 0 Å². The Morgan fingerprint density at radius 1 is 1.32 bits per heavy atom. The molecule has 1 aromatic heterocycles. The number of hydrogen-bond acceptors (Lipinski definition) is 3. The van der Waals surface area contributed by atoms with E-state index < -0.39 is 11.6 Å². The maximum absolute atomic E-state index is 14.0. The van der Waals surface area contributed by atoms with E-state index in [1.807, 2.05) is 23.6 Å².